The highest BCUT2D eigenvalue weighted by Crippen LogP contribution is 2.29. The Morgan fingerprint density at radius 1 is 1.17 bits per heavy atom. The van der Waals surface area contributed by atoms with Crippen molar-refractivity contribution in [3.8, 4) is 0 Å². The monoisotopic (exact) mass is 438 g/mol. The molecular formula is C21H24F2N2O4S. The maximum atomic E-state index is 13.3. The third kappa shape index (κ3) is 5.70. The van der Waals surface area contributed by atoms with Crippen molar-refractivity contribution in [3.63, 3.8) is 0 Å². The molecule has 2 rings (SSSR count). The number of carbonyl (C=O) groups excluding carboxylic acids is 3. The molecule has 0 radical (unpaired) electrons. The smallest absolute Gasteiger partial charge is 0.340 e. The van der Waals surface area contributed by atoms with E-state index in [1.54, 1.807) is 32.2 Å². The van der Waals surface area contributed by atoms with Gasteiger partial charge in [-0.2, -0.15) is 0 Å². The number of halogens is 2. The molecule has 0 aliphatic carbocycles. The molecule has 3 N–H and O–H groups in total. The van der Waals surface area contributed by atoms with Crippen LogP contribution in [-0.4, -0.2) is 29.3 Å². The molecule has 0 aliphatic heterocycles. The summed E-state index contributed by atoms with van der Waals surface area (Å²) in [4.78, 5) is 38.5. The van der Waals surface area contributed by atoms with E-state index >= 15 is 0 Å². The fourth-order valence-electron chi connectivity index (χ4n) is 2.78. The summed E-state index contributed by atoms with van der Waals surface area (Å²) >= 11 is 1.11. The molecule has 1 aromatic carbocycles. The lowest BCUT2D eigenvalue weighted by Gasteiger charge is -2.31. The van der Waals surface area contributed by atoms with Crippen LogP contribution in [0.2, 0.25) is 0 Å². The Balaban J connectivity index is 2.20. The topological polar surface area (TPSA) is 98.5 Å². The highest BCUT2D eigenvalue weighted by atomic mass is 32.1. The molecular weight excluding hydrogens is 414 g/mol. The van der Waals surface area contributed by atoms with Gasteiger partial charge in [-0.25, -0.2) is 13.6 Å². The molecule has 0 saturated carbocycles. The first-order chi connectivity index (χ1) is 13.8. The van der Waals surface area contributed by atoms with Crippen LogP contribution in [0.1, 0.15) is 38.1 Å². The van der Waals surface area contributed by atoms with Gasteiger partial charge in [0.05, 0.1) is 12.5 Å². The molecule has 0 unspecified atom stereocenters. The molecule has 30 heavy (non-hydrogen) atoms. The van der Waals surface area contributed by atoms with Gasteiger partial charge >= 0.3 is 5.97 Å². The Kier molecular flexibility index (Phi) is 7.10. The predicted molar refractivity (Wildman–Crippen MR) is 109 cm³/mol. The standard InChI is InChI=1S/C21H24F2N2O4S/c1-12(25-17(26)10-13-8-14(22)11-15(23)9-13)18(27)21(24,16-6-5-7-30-16)19(28)29-20(2,3)4/h5-9,11-12H,10,24H2,1-4H3,(H,25,26)/t12-,21-/m0/s1. The zero-order valence-corrected chi connectivity index (χ0v) is 17.9. The van der Waals surface area contributed by atoms with Crippen LogP contribution in [0.4, 0.5) is 8.78 Å². The zero-order valence-electron chi connectivity index (χ0n) is 17.1. The van der Waals surface area contributed by atoms with Gasteiger partial charge in [-0.15, -0.1) is 11.3 Å². The Morgan fingerprint density at radius 2 is 1.77 bits per heavy atom. The van der Waals surface area contributed by atoms with Crippen LogP contribution < -0.4 is 11.1 Å². The van der Waals surface area contributed by atoms with Gasteiger partial charge in [0, 0.05) is 10.9 Å². The average Bonchev–Trinajstić information content (AvgIpc) is 3.12. The molecule has 2 aromatic rings. The van der Waals surface area contributed by atoms with Crippen LogP contribution in [0, 0.1) is 11.6 Å². The van der Waals surface area contributed by atoms with Crippen LogP contribution in [0.3, 0.4) is 0 Å². The predicted octanol–water partition coefficient (Wildman–Crippen LogP) is 2.84. The van der Waals surface area contributed by atoms with Crippen LogP contribution in [-0.2, 0) is 31.1 Å². The van der Waals surface area contributed by atoms with Gasteiger partial charge in [0.1, 0.15) is 17.2 Å². The van der Waals surface area contributed by atoms with E-state index < -0.39 is 46.5 Å². The molecule has 0 aliphatic rings. The number of thiophene rings is 1. The summed E-state index contributed by atoms with van der Waals surface area (Å²) in [6.07, 6.45) is -0.352. The molecule has 1 heterocycles. The second-order valence-corrected chi connectivity index (χ2v) is 8.84. The van der Waals surface area contributed by atoms with Gasteiger partial charge in [-0.1, -0.05) is 6.07 Å². The van der Waals surface area contributed by atoms with Gasteiger partial charge in [-0.3, -0.25) is 9.59 Å². The first-order valence-electron chi connectivity index (χ1n) is 9.18. The molecule has 0 bridgehead atoms. The number of nitrogens with one attached hydrogen (secondary N) is 1. The zero-order chi connectivity index (χ0) is 22.7. The highest BCUT2D eigenvalue weighted by molar-refractivity contribution is 7.10. The number of carbonyl (C=O) groups is 3. The molecule has 2 atom stereocenters. The molecule has 1 amide bonds. The number of benzene rings is 1. The van der Waals surface area contributed by atoms with Gasteiger partial charge < -0.3 is 15.8 Å². The maximum Gasteiger partial charge on any atom is 0.340 e. The van der Waals surface area contributed by atoms with E-state index in [0.717, 1.165) is 23.5 Å². The number of ketones is 1. The largest absolute Gasteiger partial charge is 0.458 e. The molecule has 0 fully saturated rings. The number of amides is 1. The summed E-state index contributed by atoms with van der Waals surface area (Å²) in [5.41, 5.74) is 3.37. The molecule has 1 aromatic heterocycles. The second kappa shape index (κ2) is 9.01. The van der Waals surface area contributed by atoms with Crippen molar-refractivity contribution in [2.45, 2.75) is 51.3 Å². The van der Waals surface area contributed by atoms with E-state index in [0.29, 0.717) is 6.07 Å². The number of hydrogen-bond acceptors (Lipinski definition) is 6. The van der Waals surface area contributed by atoms with E-state index in [-0.39, 0.29) is 16.9 Å². The maximum absolute atomic E-state index is 13.3. The summed E-state index contributed by atoms with van der Waals surface area (Å²) in [6.45, 7) is 6.32. The fraction of sp³-hybridized carbons (Fsp3) is 0.381. The number of esters is 1. The number of rotatable bonds is 7. The summed E-state index contributed by atoms with van der Waals surface area (Å²) < 4.78 is 32.0. The van der Waals surface area contributed by atoms with Crippen molar-refractivity contribution in [1.82, 2.24) is 5.32 Å². The Hall–Kier alpha value is -2.65. The second-order valence-electron chi connectivity index (χ2n) is 7.90. The van der Waals surface area contributed by atoms with Crippen molar-refractivity contribution >= 4 is 29.0 Å². The lowest BCUT2D eigenvalue weighted by molar-refractivity contribution is -0.165. The summed E-state index contributed by atoms with van der Waals surface area (Å²) in [5.74, 6) is -3.98. The third-order valence-corrected chi connectivity index (χ3v) is 5.08. The summed E-state index contributed by atoms with van der Waals surface area (Å²) in [5, 5.41) is 4.10. The van der Waals surface area contributed by atoms with E-state index in [9.17, 15) is 23.2 Å². The lowest BCUT2D eigenvalue weighted by Crippen LogP contribution is -2.59. The Bertz CT molecular complexity index is 921. The quantitative estimate of drug-likeness (QED) is 0.512. The van der Waals surface area contributed by atoms with Gasteiger partial charge in [-0.05, 0) is 56.8 Å². The van der Waals surface area contributed by atoms with Crippen LogP contribution >= 0.6 is 11.3 Å². The number of Topliss-reactive ketones (excluding diaryl/α,β-unsaturated/α-hetero) is 1. The molecule has 162 valence electrons. The third-order valence-electron chi connectivity index (χ3n) is 4.08. The summed E-state index contributed by atoms with van der Waals surface area (Å²) in [7, 11) is 0. The van der Waals surface area contributed by atoms with Gasteiger partial charge in [0.2, 0.25) is 11.4 Å². The fourth-order valence-corrected chi connectivity index (χ4v) is 3.61. The first kappa shape index (κ1) is 23.6. The van der Waals surface area contributed by atoms with Crippen molar-refractivity contribution < 1.29 is 27.9 Å². The molecule has 0 spiro atoms. The lowest BCUT2D eigenvalue weighted by atomic mass is 9.88. The minimum absolute atomic E-state index is 0.106. The van der Waals surface area contributed by atoms with Crippen molar-refractivity contribution in [1.29, 1.82) is 0 Å². The molecule has 9 heteroatoms. The number of ether oxygens (including phenoxy) is 1. The number of hydrogen-bond donors (Lipinski definition) is 2. The Labute approximate surface area is 177 Å². The van der Waals surface area contributed by atoms with Crippen LogP contribution in [0.15, 0.2) is 35.7 Å². The Morgan fingerprint density at radius 3 is 2.27 bits per heavy atom. The molecule has 0 saturated heterocycles. The van der Waals surface area contributed by atoms with Gasteiger partial charge in [0.25, 0.3) is 0 Å². The first-order valence-corrected chi connectivity index (χ1v) is 10.1. The van der Waals surface area contributed by atoms with Gasteiger partial charge in [0.15, 0.2) is 5.78 Å². The van der Waals surface area contributed by atoms with E-state index in [1.165, 1.54) is 13.0 Å². The van der Waals surface area contributed by atoms with Crippen molar-refractivity contribution in [3.05, 3.63) is 57.8 Å². The molecule has 6 nitrogen and oxygen atoms in total. The van der Waals surface area contributed by atoms with Crippen molar-refractivity contribution in [2.75, 3.05) is 0 Å². The van der Waals surface area contributed by atoms with Crippen LogP contribution in [0.25, 0.3) is 0 Å². The number of nitrogens with two attached hydrogens (primary N) is 1. The minimum atomic E-state index is -2.11. The van der Waals surface area contributed by atoms with Crippen molar-refractivity contribution in [2.24, 2.45) is 5.73 Å². The minimum Gasteiger partial charge on any atom is -0.458 e. The van der Waals surface area contributed by atoms with Crippen LogP contribution in [0.5, 0.6) is 0 Å². The highest BCUT2D eigenvalue weighted by Gasteiger charge is 2.49. The summed E-state index contributed by atoms with van der Waals surface area (Å²) in [6, 6.07) is 4.76. The van der Waals surface area contributed by atoms with E-state index in [4.69, 9.17) is 10.5 Å². The van der Waals surface area contributed by atoms with E-state index in [1.807, 2.05) is 0 Å². The SMILES string of the molecule is C[C@H](NC(=O)Cc1cc(F)cc(F)c1)C(=O)[C@](N)(C(=O)OC(C)(C)C)c1cccs1. The van der Waals surface area contributed by atoms with E-state index in [2.05, 4.69) is 5.32 Å². The average molecular weight is 438 g/mol. The normalized spacial score (nSPS) is 14.5.